The Labute approximate surface area is 89.3 Å². The van der Waals surface area contributed by atoms with Gasteiger partial charge in [0.15, 0.2) is 0 Å². The van der Waals surface area contributed by atoms with Crippen LogP contribution in [0.5, 0.6) is 0 Å². The van der Waals surface area contributed by atoms with Crippen molar-refractivity contribution >= 4 is 12.6 Å². The van der Waals surface area contributed by atoms with Gasteiger partial charge in [0.2, 0.25) is 0 Å². The van der Waals surface area contributed by atoms with E-state index in [1.807, 2.05) is 0 Å². The van der Waals surface area contributed by atoms with Gasteiger partial charge in [-0.15, -0.1) is 0 Å². The maximum atomic E-state index is 4.21. The van der Waals surface area contributed by atoms with Gasteiger partial charge in [0.05, 0.1) is 0 Å². The Balaban J connectivity index is 3.50. The minimum Gasteiger partial charge on any atom is -0.304 e. The summed E-state index contributed by atoms with van der Waals surface area (Å²) in [4.78, 5) is 2.46. The molecule has 0 aliphatic carbocycles. The maximum Gasteiger partial charge on any atom is 0.00663 e. The average Bonchev–Trinajstić information content (AvgIpc) is 2.03. The Kier molecular flexibility index (Phi) is 7.87. The van der Waals surface area contributed by atoms with Crippen LogP contribution >= 0.6 is 12.6 Å². The highest BCUT2D eigenvalue weighted by atomic mass is 32.1. The van der Waals surface area contributed by atoms with Crippen LogP contribution in [0.3, 0.4) is 0 Å². The predicted molar refractivity (Wildman–Crippen MR) is 64.6 cm³/mol. The van der Waals surface area contributed by atoms with Crippen LogP contribution < -0.4 is 0 Å². The van der Waals surface area contributed by atoms with E-state index in [1.165, 1.54) is 25.8 Å². The molecule has 1 nitrogen and oxygen atoms in total. The molecule has 80 valence electrons. The molecule has 0 aliphatic heterocycles. The van der Waals surface area contributed by atoms with Gasteiger partial charge in [0, 0.05) is 6.04 Å². The number of hydrogen-bond acceptors (Lipinski definition) is 2. The van der Waals surface area contributed by atoms with Crippen LogP contribution in [0.1, 0.15) is 40.0 Å². The van der Waals surface area contributed by atoms with E-state index in [0.29, 0.717) is 0 Å². The number of nitrogens with zero attached hydrogens (tertiary/aromatic N) is 1. The first-order valence-electron chi connectivity index (χ1n) is 5.39. The standard InChI is InChI=1S/C11H25NS/c1-10(2)9-11(3)12(4)7-5-6-8-13/h10-11,13H,5-9H2,1-4H3. The molecule has 1 atom stereocenters. The van der Waals surface area contributed by atoms with Crippen molar-refractivity contribution in [1.29, 1.82) is 0 Å². The second-order valence-corrected chi connectivity index (χ2v) is 4.84. The molecule has 0 N–H and O–H groups in total. The average molecular weight is 203 g/mol. The van der Waals surface area contributed by atoms with E-state index in [2.05, 4.69) is 45.3 Å². The molecule has 13 heavy (non-hydrogen) atoms. The van der Waals surface area contributed by atoms with Gasteiger partial charge in [-0.3, -0.25) is 0 Å². The molecule has 0 aromatic rings. The van der Waals surface area contributed by atoms with Gasteiger partial charge in [0.1, 0.15) is 0 Å². The molecule has 0 radical (unpaired) electrons. The molecule has 0 rings (SSSR count). The topological polar surface area (TPSA) is 3.24 Å². The maximum absolute atomic E-state index is 4.21. The normalized spacial score (nSPS) is 14.1. The summed E-state index contributed by atoms with van der Waals surface area (Å²) in [5.74, 6) is 1.83. The van der Waals surface area contributed by atoms with Crippen LogP contribution in [-0.2, 0) is 0 Å². The molecule has 0 aromatic heterocycles. The fraction of sp³-hybridized carbons (Fsp3) is 1.00. The number of rotatable bonds is 7. The van der Waals surface area contributed by atoms with E-state index in [4.69, 9.17) is 0 Å². The van der Waals surface area contributed by atoms with Crippen LogP contribution in [0, 0.1) is 5.92 Å². The molecule has 1 unspecified atom stereocenters. The molecule has 0 bridgehead atoms. The van der Waals surface area contributed by atoms with E-state index in [-0.39, 0.29) is 0 Å². The summed E-state index contributed by atoms with van der Waals surface area (Å²) in [6.45, 7) is 8.12. The summed E-state index contributed by atoms with van der Waals surface area (Å²) < 4.78 is 0. The minimum absolute atomic E-state index is 0.722. The van der Waals surface area contributed by atoms with E-state index in [0.717, 1.165) is 17.7 Å². The lowest BCUT2D eigenvalue weighted by Gasteiger charge is -2.25. The van der Waals surface area contributed by atoms with Crippen molar-refractivity contribution in [2.75, 3.05) is 19.3 Å². The van der Waals surface area contributed by atoms with E-state index in [1.54, 1.807) is 0 Å². The third-order valence-corrected chi connectivity index (χ3v) is 2.80. The van der Waals surface area contributed by atoms with Gasteiger partial charge in [-0.05, 0) is 51.4 Å². The molecule has 0 fully saturated rings. The minimum atomic E-state index is 0.722. The van der Waals surface area contributed by atoms with E-state index >= 15 is 0 Å². The Bertz CT molecular complexity index is 115. The second-order valence-electron chi connectivity index (χ2n) is 4.39. The van der Waals surface area contributed by atoms with Crippen molar-refractivity contribution in [2.45, 2.75) is 46.1 Å². The van der Waals surface area contributed by atoms with E-state index < -0.39 is 0 Å². The van der Waals surface area contributed by atoms with Crippen molar-refractivity contribution in [2.24, 2.45) is 5.92 Å². The van der Waals surface area contributed by atoms with Crippen molar-refractivity contribution in [3.8, 4) is 0 Å². The van der Waals surface area contributed by atoms with Gasteiger partial charge >= 0.3 is 0 Å². The molecule has 0 amide bonds. The molecule has 0 aliphatic rings. The molecule has 0 saturated heterocycles. The number of hydrogen-bond donors (Lipinski definition) is 1. The highest BCUT2D eigenvalue weighted by molar-refractivity contribution is 7.80. The van der Waals surface area contributed by atoms with E-state index in [9.17, 15) is 0 Å². The highest BCUT2D eigenvalue weighted by Gasteiger charge is 2.09. The first kappa shape index (κ1) is 13.3. The summed E-state index contributed by atoms with van der Waals surface area (Å²) in [6, 6.07) is 0.722. The van der Waals surface area contributed by atoms with Crippen molar-refractivity contribution < 1.29 is 0 Å². The van der Waals surface area contributed by atoms with Gasteiger partial charge in [0.25, 0.3) is 0 Å². The molecule has 0 aromatic carbocycles. The second kappa shape index (κ2) is 7.69. The lowest BCUT2D eigenvalue weighted by Crippen LogP contribution is -2.31. The van der Waals surface area contributed by atoms with Crippen molar-refractivity contribution in [3.63, 3.8) is 0 Å². The SMILES string of the molecule is CC(C)CC(C)N(C)CCCCS. The number of thiol groups is 1. The first-order valence-corrected chi connectivity index (χ1v) is 6.02. The molecule has 0 saturated carbocycles. The summed E-state index contributed by atoms with van der Waals surface area (Å²) >= 11 is 4.21. The van der Waals surface area contributed by atoms with Gasteiger partial charge < -0.3 is 4.90 Å². The summed E-state index contributed by atoms with van der Waals surface area (Å²) in [7, 11) is 2.23. The Morgan fingerprint density at radius 2 is 1.77 bits per heavy atom. The quantitative estimate of drug-likeness (QED) is 0.492. The third kappa shape index (κ3) is 7.39. The van der Waals surface area contributed by atoms with Crippen LogP contribution in [-0.4, -0.2) is 30.3 Å². The predicted octanol–water partition coefficient (Wildman–Crippen LogP) is 3.06. The molecule has 0 heterocycles. The lowest BCUT2D eigenvalue weighted by molar-refractivity contribution is 0.225. The third-order valence-electron chi connectivity index (χ3n) is 2.48. The monoisotopic (exact) mass is 203 g/mol. The fourth-order valence-corrected chi connectivity index (χ4v) is 1.78. The zero-order valence-corrected chi connectivity index (χ0v) is 10.5. The van der Waals surface area contributed by atoms with Gasteiger partial charge in [-0.25, -0.2) is 0 Å². The van der Waals surface area contributed by atoms with Crippen LogP contribution in [0.15, 0.2) is 0 Å². The summed E-state index contributed by atoms with van der Waals surface area (Å²) in [5.41, 5.74) is 0. The summed E-state index contributed by atoms with van der Waals surface area (Å²) in [6.07, 6.45) is 3.82. The van der Waals surface area contributed by atoms with Crippen LogP contribution in [0.25, 0.3) is 0 Å². The smallest absolute Gasteiger partial charge is 0.00663 e. The Hall–Kier alpha value is 0.310. The molecule has 2 heteroatoms. The van der Waals surface area contributed by atoms with Crippen molar-refractivity contribution in [3.05, 3.63) is 0 Å². The molecular formula is C11H25NS. The molecule has 0 spiro atoms. The largest absolute Gasteiger partial charge is 0.304 e. The fourth-order valence-electron chi connectivity index (χ4n) is 1.56. The highest BCUT2D eigenvalue weighted by Crippen LogP contribution is 2.10. The number of unbranched alkanes of at least 4 members (excludes halogenated alkanes) is 1. The van der Waals surface area contributed by atoms with Crippen molar-refractivity contribution in [1.82, 2.24) is 4.90 Å². The Morgan fingerprint density at radius 3 is 2.23 bits per heavy atom. The first-order chi connectivity index (χ1) is 6.07. The summed E-state index contributed by atoms with van der Waals surface area (Å²) in [5, 5.41) is 0. The zero-order valence-electron chi connectivity index (χ0n) is 9.58. The zero-order chi connectivity index (χ0) is 10.3. The Morgan fingerprint density at radius 1 is 1.15 bits per heavy atom. The van der Waals surface area contributed by atoms with Crippen LogP contribution in [0.2, 0.25) is 0 Å². The molecular weight excluding hydrogens is 178 g/mol. The van der Waals surface area contributed by atoms with Gasteiger partial charge in [-0.1, -0.05) is 13.8 Å². The lowest BCUT2D eigenvalue weighted by atomic mass is 10.0. The van der Waals surface area contributed by atoms with Gasteiger partial charge in [-0.2, -0.15) is 12.6 Å². The van der Waals surface area contributed by atoms with Crippen LogP contribution in [0.4, 0.5) is 0 Å².